The second-order valence-electron chi connectivity index (χ2n) is 1.91. The Hall–Kier alpha value is -1.43. The van der Waals surface area contributed by atoms with E-state index >= 15 is 0 Å². The van der Waals surface area contributed by atoms with Crippen LogP contribution in [0.4, 0.5) is 0 Å². The summed E-state index contributed by atoms with van der Waals surface area (Å²) >= 11 is 4.66. The lowest BCUT2D eigenvalue weighted by Crippen LogP contribution is -2.40. The summed E-state index contributed by atoms with van der Waals surface area (Å²) in [5.41, 5.74) is -0.00245. The van der Waals surface area contributed by atoms with E-state index < -0.39 is 0 Å². The van der Waals surface area contributed by atoms with E-state index in [4.69, 9.17) is 0 Å². The zero-order chi connectivity index (χ0) is 7.84. The zero-order valence-corrected chi connectivity index (χ0v) is 6.05. The van der Waals surface area contributed by atoms with Gasteiger partial charge < -0.3 is 4.98 Å². The Morgan fingerprint density at radius 3 is 3.00 bits per heavy atom. The predicted molar refractivity (Wildman–Crippen MR) is 39.8 cm³/mol. The summed E-state index contributed by atoms with van der Waals surface area (Å²) in [6, 6.07) is 0. The molecular weight excluding hydrogens is 164 g/mol. The topological polar surface area (TPSA) is 70.5 Å². The highest BCUT2D eigenvalue weighted by atomic mass is 32.1. The highest BCUT2D eigenvalue weighted by Gasteiger charge is 2.04. The van der Waals surface area contributed by atoms with Crippen LogP contribution < -0.4 is 16.4 Å². The molecule has 0 aliphatic carbocycles. The van der Waals surface area contributed by atoms with Crippen LogP contribution in [0.25, 0.3) is 0 Å². The van der Waals surface area contributed by atoms with Gasteiger partial charge in [-0.2, -0.15) is 4.99 Å². The van der Waals surface area contributed by atoms with E-state index in [2.05, 4.69) is 32.2 Å². The van der Waals surface area contributed by atoms with Gasteiger partial charge in [-0.15, -0.1) is 0 Å². The van der Waals surface area contributed by atoms with E-state index in [1.807, 2.05) is 0 Å². The maximum atomic E-state index is 10.9. The second kappa shape index (κ2) is 2.03. The van der Waals surface area contributed by atoms with Crippen molar-refractivity contribution in [2.45, 2.75) is 0 Å². The average Bonchev–Trinajstić information content (AvgIpc) is 2.31. The SMILES string of the molecule is O=c1[nH]cnc2c1=NC(=S)N=2. The van der Waals surface area contributed by atoms with Crippen molar-refractivity contribution in [1.29, 1.82) is 0 Å². The summed E-state index contributed by atoms with van der Waals surface area (Å²) in [5.74, 6) is 0. The van der Waals surface area contributed by atoms with Gasteiger partial charge in [0.15, 0.2) is 10.8 Å². The van der Waals surface area contributed by atoms with E-state index in [9.17, 15) is 4.79 Å². The molecule has 0 radical (unpaired) electrons. The quantitative estimate of drug-likeness (QED) is 0.467. The van der Waals surface area contributed by atoms with Crippen molar-refractivity contribution in [2.75, 3.05) is 0 Å². The summed E-state index contributed by atoms with van der Waals surface area (Å²) in [7, 11) is 0. The van der Waals surface area contributed by atoms with E-state index in [-0.39, 0.29) is 16.0 Å². The van der Waals surface area contributed by atoms with Gasteiger partial charge in [0.25, 0.3) is 5.56 Å². The molecule has 0 atom stereocenters. The molecule has 1 aliphatic rings. The number of rotatable bonds is 0. The van der Waals surface area contributed by atoms with Gasteiger partial charge in [-0.05, 0) is 12.2 Å². The number of thiocarbonyl (C=S) groups is 1. The van der Waals surface area contributed by atoms with Crippen LogP contribution in [-0.4, -0.2) is 15.1 Å². The molecule has 0 saturated heterocycles. The fourth-order valence-electron chi connectivity index (χ4n) is 0.777. The molecule has 0 amide bonds. The van der Waals surface area contributed by atoms with Gasteiger partial charge in [0, 0.05) is 0 Å². The molecule has 2 rings (SSSR count). The highest BCUT2D eigenvalue weighted by Crippen LogP contribution is 1.79. The number of hydrogen-bond acceptors (Lipinski definition) is 3. The van der Waals surface area contributed by atoms with Crippen LogP contribution in [0.2, 0.25) is 0 Å². The predicted octanol–water partition coefficient (Wildman–Crippen LogP) is -1.69. The molecule has 2 heterocycles. The van der Waals surface area contributed by atoms with E-state index in [1.165, 1.54) is 6.33 Å². The van der Waals surface area contributed by atoms with E-state index in [1.54, 1.807) is 0 Å². The lowest BCUT2D eigenvalue weighted by atomic mass is 10.6. The Bertz CT molecular complexity index is 488. The van der Waals surface area contributed by atoms with Crippen molar-refractivity contribution >= 4 is 17.3 Å². The Kier molecular flexibility index (Phi) is 1.16. The maximum absolute atomic E-state index is 10.9. The maximum Gasteiger partial charge on any atom is 0.279 e. The Morgan fingerprint density at radius 2 is 2.27 bits per heavy atom. The summed E-state index contributed by atoms with van der Waals surface area (Å²) in [6.45, 7) is 0. The van der Waals surface area contributed by atoms with Gasteiger partial charge in [-0.1, -0.05) is 0 Å². The van der Waals surface area contributed by atoms with Crippen molar-refractivity contribution in [3.8, 4) is 0 Å². The third kappa shape index (κ3) is 0.874. The molecule has 0 aromatic carbocycles. The molecule has 1 N–H and O–H groups in total. The summed E-state index contributed by atoms with van der Waals surface area (Å²) in [4.78, 5) is 24.5. The van der Waals surface area contributed by atoms with Gasteiger partial charge in [-0.25, -0.2) is 9.98 Å². The van der Waals surface area contributed by atoms with Crippen molar-refractivity contribution < 1.29 is 0 Å². The largest absolute Gasteiger partial charge is 0.311 e. The molecule has 0 spiro atoms. The number of aromatic nitrogens is 2. The van der Waals surface area contributed by atoms with Crippen LogP contribution in [0.15, 0.2) is 21.1 Å². The molecule has 54 valence electrons. The van der Waals surface area contributed by atoms with Crippen LogP contribution in [-0.2, 0) is 0 Å². The van der Waals surface area contributed by atoms with Crippen LogP contribution in [0.3, 0.4) is 0 Å². The minimum absolute atomic E-state index is 0.157. The number of nitrogens with zero attached hydrogens (tertiary/aromatic N) is 3. The molecular formula is C5H2N4OS. The van der Waals surface area contributed by atoms with E-state index in [0.717, 1.165) is 0 Å². The fourth-order valence-corrected chi connectivity index (χ4v) is 0.955. The average molecular weight is 166 g/mol. The van der Waals surface area contributed by atoms with Crippen molar-refractivity contribution in [1.82, 2.24) is 9.97 Å². The normalized spacial score (nSPS) is 13.6. The lowest BCUT2D eigenvalue weighted by Gasteiger charge is -1.76. The highest BCUT2D eigenvalue weighted by molar-refractivity contribution is 7.80. The van der Waals surface area contributed by atoms with Crippen LogP contribution in [0.5, 0.6) is 0 Å². The molecule has 1 aromatic heterocycles. The number of nitrogens with one attached hydrogen (secondary N) is 1. The molecule has 5 nitrogen and oxygen atoms in total. The van der Waals surface area contributed by atoms with Gasteiger partial charge in [-0.3, -0.25) is 4.79 Å². The smallest absolute Gasteiger partial charge is 0.279 e. The second-order valence-corrected chi connectivity index (χ2v) is 2.28. The third-order valence-electron chi connectivity index (χ3n) is 1.22. The van der Waals surface area contributed by atoms with Crippen molar-refractivity contribution in [2.24, 2.45) is 9.98 Å². The molecule has 6 heteroatoms. The molecule has 0 fully saturated rings. The Labute approximate surface area is 65.5 Å². The third-order valence-corrected chi connectivity index (χ3v) is 1.40. The first kappa shape index (κ1) is 6.29. The molecule has 0 saturated carbocycles. The lowest BCUT2D eigenvalue weighted by molar-refractivity contribution is 1.01. The fraction of sp³-hybridized carbons (Fsp3) is 0. The summed E-state index contributed by atoms with van der Waals surface area (Å²) in [5, 5.41) is 0.363. The molecule has 1 aromatic rings. The first-order valence-electron chi connectivity index (χ1n) is 2.82. The van der Waals surface area contributed by atoms with Crippen molar-refractivity contribution in [3.05, 3.63) is 27.5 Å². The number of H-pyrrole nitrogens is 1. The van der Waals surface area contributed by atoms with Crippen LogP contribution in [0, 0.1) is 0 Å². The minimum Gasteiger partial charge on any atom is -0.311 e. The first-order chi connectivity index (χ1) is 5.27. The number of hydrogen-bond donors (Lipinski definition) is 1. The standard InChI is InChI=1S/C5H2N4OS/c10-4-2-3(6-1-7-4)9-5(11)8-2/h1H,(H,6,7,9,10,11). The molecule has 0 unspecified atom stereocenters. The van der Waals surface area contributed by atoms with Crippen molar-refractivity contribution in [3.63, 3.8) is 0 Å². The van der Waals surface area contributed by atoms with Gasteiger partial charge >= 0.3 is 0 Å². The number of aromatic amines is 1. The monoisotopic (exact) mass is 166 g/mol. The molecule has 11 heavy (non-hydrogen) atoms. The van der Waals surface area contributed by atoms with Gasteiger partial charge in [0.2, 0.25) is 5.11 Å². The number of fused-ring (bicyclic) bond motifs is 1. The summed E-state index contributed by atoms with van der Waals surface area (Å²) < 4.78 is 0. The zero-order valence-electron chi connectivity index (χ0n) is 5.24. The minimum atomic E-state index is -0.307. The summed E-state index contributed by atoms with van der Waals surface area (Å²) in [6.07, 6.45) is 1.27. The first-order valence-corrected chi connectivity index (χ1v) is 3.23. The van der Waals surface area contributed by atoms with E-state index in [0.29, 0.717) is 5.49 Å². The van der Waals surface area contributed by atoms with Gasteiger partial charge in [0.1, 0.15) is 0 Å². The molecule has 0 bridgehead atoms. The van der Waals surface area contributed by atoms with Crippen LogP contribution >= 0.6 is 12.2 Å². The Morgan fingerprint density at radius 1 is 1.45 bits per heavy atom. The van der Waals surface area contributed by atoms with Crippen LogP contribution in [0.1, 0.15) is 0 Å². The van der Waals surface area contributed by atoms with Gasteiger partial charge in [0.05, 0.1) is 6.33 Å². The Balaban J connectivity index is 3.10. The molecule has 1 aliphatic heterocycles.